The van der Waals surface area contributed by atoms with Crippen LogP contribution in [0.25, 0.3) is 17.0 Å². The van der Waals surface area contributed by atoms with Crippen LogP contribution in [-0.2, 0) is 0 Å². The zero-order valence-electron chi connectivity index (χ0n) is 9.93. The minimum Gasteiger partial charge on any atom is -0.397 e. The third-order valence-corrected chi connectivity index (χ3v) is 3.45. The second-order valence-corrected chi connectivity index (χ2v) is 4.91. The summed E-state index contributed by atoms with van der Waals surface area (Å²) in [5.74, 6) is 0.521. The number of anilines is 1. The SMILES string of the molecule is Cc1cc2nnc(-c3c(Cl)ccc(Cl)c3N)n2cn1. The van der Waals surface area contributed by atoms with E-state index in [4.69, 9.17) is 28.9 Å². The molecule has 1 aromatic carbocycles. The molecule has 2 heterocycles. The zero-order valence-corrected chi connectivity index (χ0v) is 11.4. The third kappa shape index (κ3) is 1.91. The fourth-order valence-electron chi connectivity index (χ4n) is 1.85. The highest BCUT2D eigenvalue weighted by Gasteiger charge is 2.16. The quantitative estimate of drug-likeness (QED) is 0.700. The lowest BCUT2D eigenvalue weighted by Gasteiger charge is -2.08. The summed E-state index contributed by atoms with van der Waals surface area (Å²) >= 11 is 12.2. The Bertz CT molecular complexity index is 781. The molecule has 0 spiro atoms. The predicted molar refractivity (Wildman–Crippen MR) is 75.4 cm³/mol. The van der Waals surface area contributed by atoms with Gasteiger partial charge in [-0.2, -0.15) is 0 Å². The summed E-state index contributed by atoms with van der Waals surface area (Å²) < 4.78 is 1.72. The minimum atomic E-state index is 0.379. The molecule has 0 aliphatic carbocycles. The molecular formula is C12H9Cl2N5. The van der Waals surface area contributed by atoms with E-state index in [0.29, 0.717) is 32.8 Å². The summed E-state index contributed by atoms with van der Waals surface area (Å²) in [5, 5.41) is 9.10. The van der Waals surface area contributed by atoms with Gasteiger partial charge in [0.15, 0.2) is 11.5 Å². The van der Waals surface area contributed by atoms with E-state index in [-0.39, 0.29) is 0 Å². The molecular weight excluding hydrogens is 285 g/mol. The van der Waals surface area contributed by atoms with Gasteiger partial charge in [0.1, 0.15) is 6.33 Å². The van der Waals surface area contributed by atoms with Crippen molar-refractivity contribution in [3.63, 3.8) is 0 Å². The molecule has 0 saturated heterocycles. The van der Waals surface area contributed by atoms with Gasteiger partial charge in [-0.1, -0.05) is 23.2 Å². The van der Waals surface area contributed by atoms with Crippen LogP contribution in [0.1, 0.15) is 5.69 Å². The molecule has 3 aromatic rings. The molecule has 0 fully saturated rings. The Morgan fingerprint density at radius 2 is 1.89 bits per heavy atom. The lowest BCUT2D eigenvalue weighted by Crippen LogP contribution is -1.97. The second-order valence-electron chi connectivity index (χ2n) is 4.10. The molecule has 0 saturated carbocycles. The normalized spacial score (nSPS) is 11.1. The van der Waals surface area contributed by atoms with Crippen molar-refractivity contribution >= 4 is 34.5 Å². The molecule has 0 unspecified atom stereocenters. The molecule has 19 heavy (non-hydrogen) atoms. The molecule has 96 valence electrons. The van der Waals surface area contributed by atoms with Crippen molar-refractivity contribution in [3.8, 4) is 11.4 Å². The Morgan fingerprint density at radius 3 is 2.68 bits per heavy atom. The molecule has 0 amide bonds. The van der Waals surface area contributed by atoms with Crippen molar-refractivity contribution in [2.75, 3.05) is 5.73 Å². The van der Waals surface area contributed by atoms with Crippen LogP contribution in [0.2, 0.25) is 10.0 Å². The fourth-order valence-corrected chi connectivity index (χ4v) is 2.26. The summed E-state index contributed by atoms with van der Waals surface area (Å²) in [5.41, 5.74) is 8.46. The van der Waals surface area contributed by atoms with Crippen LogP contribution >= 0.6 is 23.2 Å². The van der Waals surface area contributed by atoms with Crippen LogP contribution < -0.4 is 5.73 Å². The van der Waals surface area contributed by atoms with Gasteiger partial charge in [0.05, 0.1) is 21.3 Å². The molecule has 0 radical (unpaired) electrons. The van der Waals surface area contributed by atoms with Crippen LogP contribution in [0.3, 0.4) is 0 Å². The van der Waals surface area contributed by atoms with Crippen LogP contribution in [0.15, 0.2) is 24.5 Å². The Morgan fingerprint density at radius 1 is 1.16 bits per heavy atom. The smallest absolute Gasteiger partial charge is 0.173 e. The maximum atomic E-state index is 6.18. The number of benzene rings is 1. The molecule has 2 aromatic heterocycles. The fraction of sp³-hybridized carbons (Fsp3) is 0.0833. The molecule has 7 heteroatoms. The van der Waals surface area contributed by atoms with Crippen molar-refractivity contribution in [3.05, 3.63) is 40.3 Å². The number of rotatable bonds is 1. The summed E-state index contributed by atoms with van der Waals surface area (Å²) in [7, 11) is 0. The van der Waals surface area contributed by atoms with Crippen LogP contribution in [-0.4, -0.2) is 19.6 Å². The molecule has 0 aliphatic rings. The first-order chi connectivity index (χ1) is 9.08. The minimum absolute atomic E-state index is 0.379. The standard InChI is InChI=1S/C12H9Cl2N5/c1-6-4-9-17-18-12(19(9)5-16-6)10-7(13)2-3-8(14)11(10)15/h2-5H,15H2,1H3. The maximum absolute atomic E-state index is 6.18. The van der Waals surface area contributed by atoms with Crippen molar-refractivity contribution in [1.82, 2.24) is 19.6 Å². The van der Waals surface area contributed by atoms with Gasteiger partial charge in [-0.3, -0.25) is 4.40 Å². The van der Waals surface area contributed by atoms with Crippen LogP contribution in [0.4, 0.5) is 5.69 Å². The van der Waals surface area contributed by atoms with E-state index in [2.05, 4.69) is 15.2 Å². The maximum Gasteiger partial charge on any atom is 0.173 e. The highest BCUT2D eigenvalue weighted by atomic mass is 35.5. The number of nitrogens with two attached hydrogens (primary N) is 1. The molecule has 3 rings (SSSR count). The van der Waals surface area contributed by atoms with E-state index in [0.717, 1.165) is 5.69 Å². The molecule has 0 atom stereocenters. The van der Waals surface area contributed by atoms with E-state index >= 15 is 0 Å². The van der Waals surface area contributed by atoms with Gasteiger partial charge >= 0.3 is 0 Å². The largest absolute Gasteiger partial charge is 0.397 e. The summed E-state index contributed by atoms with van der Waals surface area (Å²) in [6.45, 7) is 1.88. The van der Waals surface area contributed by atoms with E-state index in [1.54, 1.807) is 22.9 Å². The van der Waals surface area contributed by atoms with Crippen LogP contribution in [0.5, 0.6) is 0 Å². The first kappa shape index (κ1) is 12.2. The number of halogens is 2. The Labute approximate surface area is 119 Å². The number of fused-ring (bicyclic) bond motifs is 1. The average Bonchev–Trinajstić information content (AvgIpc) is 2.77. The van der Waals surface area contributed by atoms with Crippen molar-refractivity contribution in [2.45, 2.75) is 6.92 Å². The topological polar surface area (TPSA) is 69.1 Å². The number of nitrogens with zero attached hydrogens (tertiary/aromatic N) is 4. The first-order valence-electron chi connectivity index (χ1n) is 5.49. The Hall–Kier alpha value is -1.85. The zero-order chi connectivity index (χ0) is 13.6. The summed E-state index contributed by atoms with van der Waals surface area (Å²) in [6.07, 6.45) is 1.64. The monoisotopic (exact) mass is 293 g/mol. The van der Waals surface area contributed by atoms with Crippen molar-refractivity contribution in [1.29, 1.82) is 0 Å². The van der Waals surface area contributed by atoms with E-state index in [9.17, 15) is 0 Å². The second kappa shape index (κ2) is 4.36. The number of hydrogen-bond acceptors (Lipinski definition) is 4. The molecule has 2 N–H and O–H groups in total. The Kier molecular flexibility index (Phi) is 2.80. The highest BCUT2D eigenvalue weighted by Crippen LogP contribution is 2.36. The first-order valence-corrected chi connectivity index (χ1v) is 6.25. The summed E-state index contributed by atoms with van der Waals surface area (Å²) in [4.78, 5) is 4.21. The average molecular weight is 294 g/mol. The molecule has 0 bridgehead atoms. The van der Waals surface area contributed by atoms with Gasteiger partial charge in [0.2, 0.25) is 0 Å². The van der Waals surface area contributed by atoms with Crippen LogP contribution in [0, 0.1) is 6.92 Å². The lowest BCUT2D eigenvalue weighted by molar-refractivity contribution is 1.05. The van der Waals surface area contributed by atoms with Gasteiger partial charge < -0.3 is 5.73 Å². The number of aryl methyl sites for hydroxylation is 1. The van der Waals surface area contributed by atoms with Gasteiger partial charge in [-0.05, 0) is 19.1 Å². The molecule has 5 nitrogen and oxygen atoms in total. The number of aromatic nitrogens is 4. The number of hydrogen-bond donors (Lipinski definition) is 1. The lowest BCUT2D eigenvalue weighted by atomic mass is 10.1. The van der Waals surface area contributed by atoms with E-state index in [1.807, 2.05) is 13.0 Å². The van der Waals surface area contributed by atoms with E-state index < -0.39 is 0 Å². The van der Waals surface area contributed by atoms with Crippen molar-refractivity contribution < 1.29 is 0 Å². The van der Waals surface area contributed by atoms with Gasteiger partial charge in [0, 0.05) is 11.8 Å². The molecule has 0 aliphatic heterocycles. The highest BCUT2D eigenvalue weighted by molar-refractivity contribution is 6.37. The predicted octanol–water partition coefficient (Wildman–Crippen LogP) is 2.99. The van der Waals surface area contributed by atoms with Gasteiger partial charge in [-0.25, -0.2) is 4.98 Å². The Balaban J connectivity index is 2.34. The summed E-state index contributed by atoms with van der Waals surface area (Å²) in [6, 6.07) is 5.15. The number of nitrogen functional groups attached to an aromatic ring is 1. The van der Waals surface area contributed by atoms with Gasteiger partial charge in [-0.15, -0.1) is 10.2 Å². The van der Waals surface area contributed by atoms with E-state index in [1.165, 1.54) is 0 Å². The van der Waals surface area contributed by atoms with Gasteiger partial charge in [0.25, 0.3) is 0 Å². The van der Waals surface area contributed by atoms with Crippen molar-refractivity contribution in [2.24, 2.45) is 0 Å². The third-order valence-electron chi connectivity index (χ3n) is 2.80.